The largest absolute Gasteiger partial charge is 0.445 e. The molecule has 2 saturated heterocycles. The van der Waals surface area contributed by atoms with Crippen LogP contribution in [0.4, 0.5) is 15.3 Å². The number of fused-ring (bicyclic) bond motifs is 1. The van der Waals surface area contributed by atoms with Gasteiger partial charge in [0, 0.05) is 5.69 Å². The van der Waals surface area contributed by atoms with Crippen molar-refractivity contribution < 1.29 is 19.1 Å². The molecule has 0 bridgehead atoms. The van der Waals surface area contributed by atoms with E-state index in [9.17, 15) is 9.59 Å². The Balaban J connectivity index is 1.35. The lowest BCUT2D eigenvalue weighted by Crippen LogP contribution is -2.41. The van der Waals surface area contributed by atoms with Gasteiger partial charge >= 0.3 is 12.2 Å². The zero-order valence-corrected chi connectivity index (χ0v) is 15.4. The van der Waals surface area contributed by atoms with E-state index in [1.807, 2.05) is 48.5 Å². The maximum Gasteiger partial charge on any atom is 0.412 e. The lowest BCUT2D eigenvalue weighted by atomic mass is 10.1. The van der Waals surface area contributed by atoms with E-state index in [-0.39, 0.29) is 24.8 Å². The number of hydrogen-bond donors (Lipinski definition) is 2. The highest BCUT2D eigenvalue weighted by Crippen LogP contribution is 2.28. The number of para-hydroxylation sites is 1. The van der Waals surface area contributed by atoms with E-state index in [1.54, 1.807) is 17.0 Å². The third-order valence-electron chi connectivity index (χ3n) is 5.13. The first-order valence-corrected chi connectivity index (χ1v) is 9.44. The van der Waals surface area contributed by atoms with Gasteiger partial charge in [0.1, 0.15) is 12.7 Å². The minimum atomic E-state index is -0.525. The van der Waals surface area contributed by atoms with Gasteiger partial charge in [-0.3, -0.25) is 10.2 Å². The molecule has 7 nitrogen and oxygen atoms in total. The number of rotatable bonds is 4. The van der Waals surface area contributed by atoms with Crippen LogP contribution >= 0.6 is 0 Å². The maximum atomic E-state index is 12.6. The van der Waals surface area contributed by atoms with Crippen LogP contribution in [0.3, 0.4) is 0 Å². The van der Waals surface area contributed by atoms with Gasteiger partial charge in [0.2, 0.25) is 0 Å². The second-order valence-corrected chi connectivity index (χ2v) is 6.96. The first kappa shape index (κ1) is 18.3. The summed E-state index contributed by atoms with van der Waals surface area (Å²) in [6.07, 6.45) is -0.508. The second-order valence-electron chi connectivity index (χ2n) is 6.96. The van der Waals surface area contributed by atoms with Crippen LogP contribution in [0, 0.1) is 0 Å². The molecule has 146 valence electrons. The van der Waals surface area contributed by atoms with Crippen LogP contribution in [0.25, 0.3) is 0 Å². The van der Waals surface area contributed by atoms with Crippen molar-refractivity contribution in [2.45, 2.75) is 31.2 Å². The number of ether oxygens (including phenoxy) is 2. The molecule has 2 N–H and O–H groups in total. The molecule has 4 rings (SSSR count). The molecule has 2 aromatic rings. The maximum absolute atomic E-state index is 12.6. The van der Waals surface area contributed by atoms with E-state index in [0.29, 0.717) is 12.2 Å². The van der Waals surface area contributed by atoms with Crippen molar-refractivity contribution in [3.63, 3.8) is 0 Å². The molecule has 7 heteroatoms. The number of carbonyl (C=O) groups excluding carboxylic acids is 2. The van der Waals surface area contributed by atoms with Crippen LogP contribution in [0.5, 0.6) is 0 Å². The van der Waals surface area contributed by atoms with E-state index in [1.165, 1.54) is 0 Å². The molecule has 3 atom stereocenters. The van der Waals surface area contributed by atoms with Crippen molar-refractivity contribution >= 4 is 17.9 Å². The quantitative estimate of drug-likeness (QED) is 0.851. The normalized spacial score (nSPS) is 23.1. The number of benzene rings is 2. The number of carbonyl (C=O) groups is 2. The third kappa shape index (κ3) is 4.09. The number of likely N-dealkylation sites (tertiary alicyclic amines) is 1. The van der Waals surface area contributed by atoms with E-state index in [4.69, 9.17) is 9.47 Å². The number of nitrogens with zero attached hydrogens (tertiary/aromatic N) is 1. The average Bonchev–Trinajstić information content (AvgIpc) is 3.32. The Hall–Kier alpha value is -3.06. The predicted octanol–water partition coefficient (Wildman–Crippen LogP) is 2.99. The van der Waals surface area contributed by atoms with Crippen molar-refractivity contribution in [1.82, 2.24) is 10.2 Å². The molecule has 0 radical (unpaired) electrons. The van der Waals surface area contributed by atoms with Crippen LogP contribution in [-0.4, -0.2) is 48.4 Å². The lowest BCUT2D eigenvalue weighted by molar-refractivity contribution is 0.0812. The van der Waals surface area contributed by atoms with Gasteiger partial charge in [0.25, 0.3) is 0 Å². The van der Waals surface area contributed by atoms with E-state index >= 15 is 0 Å². The van der Waals surface area contributed by atoms with E-state index in [0.717, 1.165) is 18.5 Å². The first-order chi connectivity index (χ1) is 13.7. The molecule has 2 aliphatic rings. The van der Waals surface area contributed by atoms with Crippen LogP contribution in [0.1, 0.15) is 12.0 Å². The summed E-state index contributed by atoms with van der Waals surface area (Å²) in [5.41, 5.74) is 1.60. The fourth-order valence-corrected chi connectivity index (χ4v) is 3.81. The van der Waals surface area contributed by atoms with Crippen molar-refractivity contribution in [3.8, 4) is 0 Å². The van der Waals surface area contributed by atoms with Crippen molar-refractivity contribution in [2.75, 3.05) is 18.4 Å². The van der Waals surface area contributed by atoms with Crippen LogP contribution in [-0.2, 0) is 16.1 Å². The molecule has 0 saturated carbocycles. The van der Waals surface area contributed by atoms with E-state index < -0.39 is 12.2 Å². The third-order valence-corrected chi connectivity index (χ3v) is 5.13. The van der Waals surface area contributed by atoms with Crippen molar-refractivity contribution in [3.05, 3.63) is 66.2 Å². The minimum absolute atomic E-state index is 0.0298. The van der Waals surface area contributed by atoms with Gasteiger partial charge in [-0.1, -0.05) is 48.5 Å². The van der Waals surface area contributed by atoms with E-state index in [2.05, 4.69) is 10.6 Å². The molecule has 28 heavy (non-hydrogen) atoms. The summed E-state index contributed by atoms with van der Waals surface area (Å²) in [5, 5.41) is 6.06. The summed E-state index contributed by atoms with van der Waals surface area (Å²) in [6.45, 7) is 1.32. The first-order valence-electron chi connectivity index (χ1n) is 9.44. The number of hydrogen-bond acceptors (Lipinski definition) is 5. The zero-order chi connectivity index (χ0) is 19.3. The molecule has 2 amide bonds. The Morgan fingerprint density at radius 3 is 2.54 bits per heavy atom. The number of amides is 2. The Labute approximate surface area is 163 Å². The second kappa shape index (κ2) is 8.31. The summed E-state index contributed by atoms with van der Waals surface area (Å²) >= 11 is 0. The molecule has 0 aromatic heterocycles. The summed E-state index contributed by atoms with van der Waals surface area (Å²) in [5.74, 6) is 0. The highest BCUT2D eigenvalue weighted by molar-refractivity contribution is 5.84. The van der Waals surface area contributed by atoms with Crippen LogP contribution in [0.15, 0.2) is 60.7 Å². The molecular weight excluding hydrogens is 358 g/mol. The van der Waals surface area contributed by atoms with Crippen molar-refractivity contribution in [1.29, 1.82) is 0 Å². The Kier molecular flexibility index (Phi) is 5.43. The molecule has 0 aliphatic carbocycles. The summed E-state index contributed by atoms with van der Waals surface area (Å²) < 4.78 is 11.1. The van der Waals surface area contributed by atoms with Crippen molar-refractivity contribution in [2.24, 2.45) is 0 Å². The fourth-order valence-electron chi connectivity index (χ4n) is 3.81. The predicted molar refractivity (Wildman–Crippen MR) is 104 cm³/mol. The molecule has 2 heterocycles. The monoisotopic (exact) mass is 381 g/mol. The Morgan fingerprint density at radius 2 is 1.79 bits per heavy atom. The summed E-state index contributed by atoms with van der Waals surface area (Å²) in [7, 11) is 0. The molecule has 2 aliphatic heterocycles. The number of anilines is 1. The fraction of sp³-hybridized carbons (Fsp3) is 0.333. The van der Waals surface area contributed by atoms with Gasteiger partial charge in [-0.25, -0.2) is 9.59 Å². The minimum Gasteiger partial charge on any atom is -0.445 e. The van der Waals surface area contributed by atoms with Gasteiger partial charge in [0.05, 0.1) is 18.6 Å². The average molecular weight is 381 g/mol. The van der Waals surface area contributed by atoms with Gasteiger partial charge < -0.3 is 14.8 Å². The molecule has 2 aromatic carbocycles. The summed E-state index contributed by atoms with van der Waals surface area (Å²) in [4.78, 5) is 26.5. The van der Waals surface area contributed by atoms with Gasteiger partial charge in [-0.2, -0.15) is 0 Å². The molecular formula is C21H23N3O4. The summed E-state index contributed by atoms with van der Waals surface area (Å²) in [6, 6.07) is 18.6. The van der Waals surface area contributed by atoms with Crippen LogP contribution < -0.4 is 10.6 Å². The standard InChI is InChI=1S/C21H23N3O4/c25-20(23-16-9-5-2-6-10-16)28-18-13-24(17-11-12-22-19(17)18)21(26)27-14-15-7-3-1-4-8-15/h1-10,17-19,22H,11-14H2,(H,23,25)/t17-,18+,19+/m1/s1. The lowest BCUT2D eigenvalue weighted by Gasteiger charge is -2.21. The molecule has 0 spiro atoms. The molecule has 0 unspecified atom stereocenters. The number of nitrogens with one attached hydrogen (secondary N) is 2. The van der Waals surface area contributed by atoms with Gasteiger partial charge in [-0.05, 0) is 30.7 Å². The van der Waals surface area contributed by atoms with Crippen LogP contribution in [0.2, 0.25) is 0 Å². The highest BCUT2D eigenvalue weighted by Gasteiger charge is 2.49. The Bertz CT molecular complexity index is 815. The SMILES string of the molecule is O=C(Nc1ccccc1)O[C@H]1CN(C(=O)OCc2ccccc2)[C@@H]2CCN[C@H]12. The van der Waals surface area contributed by atoms with Gasteiger partial charge in [0.15, 0.2) is 0 Å². The van der Waals surface area contributed by atoms with Gasteiger partial charge in [-0.15, -0.1) is 0 Å². The highest BCUT2D eigenvalue weighted by atomic mass is 16.6. The zero-order valence-electron chi connectivity index (χ0n) is 15.4. The topological polar surface area (TPSA) is 79.9 Å². The smallest absolute Gasteiger partial charge is 0.412 e. The Morgan fingerprint density at radius 1 is 1.07 bits per heavy atom. The molecule has 2 fully saturated rings.